The highest BCUT2D eigenvalue weighted by Crippen LogP contribution is 2.32. The molecule has 1 N–H and O–H groups in total. The third-order valence-corrected chi connectivity index (χ3v) is 6.68. The molecule has 0 spiro atoms. The number of halogens is 1. The number of oxazole rings is 1. The molecule has 0 atom stereocenters. The van der Waals surface area contributed by atoms with Gasteiger partial charge in [0, 0.05) is 23.5 Å². The Kier molecular flexibility index (Phi) is 5.46. The maximum Gasteiger partial charge on any atom is 0.329 e. The van der Waals surface area contributed by atoms with E-state index in [1.807, 2.05) is 43.3 Å². The molecule has 0 unspecified atom stereocenters. The van der Waals surface area contributed by atoms with Crippen LogP contribution in [0.25, 0.3) is 21.7 Å². The smallest absolute Gasteiger partial charge is 0.329 e. The number of aryl methyl sites for hydroxylation is 1. The largest absolute Gasteiger partial charge is 0.493 e. The maximum absolute atomic E-state index is 11.6. The molecule has 0 saturated heterocycles. The summed E-state index contributed by atoms with van der Waals surface area (Å²) in [7, 11) is 0. The van der Waals surface area contributed by atoms with Crippen LogP contribution < -0.4 is 4.74 Å². The predicted octanol–water partition coefficient (Wildman–Crippen LogP) is 5.87. The number of benzene rings is 1. The predicted molar refractivity (Wildman–Crippen MR) is 120 cm³/mol. The molecule has 156 valence electrons. The van der Waals surface area contributed by atoms with Crippen molar-refractivity contribution in [3.8, 4) is 16.5 Å². The lowest BCUT2D eigenvalue weighted by Gasteiger charge is -2.23. The maximum atomic E-state index is 11.6. The van der Waals surface area contributed by atoms with Crippen LogP contribution in [-0.4, -0.2) is 27.2 Å². The van der Waals surface area contributed by atoms with E-state index < -0.39 is 11.5 Å². The zero-order chi connectivity index (χ0) is 21.5. The fourth-order valence-corrected chi connectivity index (χ4v) is 4.57. The highest BCUT2D eigenvalue weighted by molar-refractivity contribution is 9.11. The van der Waals surface area contributed by atoms with Gasteiger partial charge in [-0.2, -0.15) is 0 Å². The summed E-state index contributed by atoms with van der Waals surface area (Å²) in [6, 6.07) is 11.5. The second kappa shape index (κ2) is 7.92. The van der Waals surface area contributed by atoms with Gasteiger partial charge in [-0.25, -0.2) is 9.78 Å². The van der Waals surface area contributed by atoms with Gasteiger partial charge < -0.3 is 18.8 Å². The van der Waals surface area contributed by atoms with E-state index in [2.05, 4.69) is 20.9 Å². The van der Waals surface area contributed by atoms with Gasteiger partial charge in [-0.1, -0.05) is 0 Å². The standard InChI is InChI=1S/C22H21BrN2O4S/c1-13-16(24-20(29-13)18-6-7-19(23)30-18)9-11-28-15-4-5-17-14(12-15)8-10-25(17)22(2,3)21(26)27/h4-8,10,12H,9,11H2,1-3H3,(H,26,27). The molecule has 0 radical (unpaired) electrons. The number of thiophene rings is 1. The van der Waals surface area contributed by atoms with Crippen molar-refractivity contribution >= 4 is 44.1 Å². The minimum atomic E-state index is -1.02. The zero-order valence-corrected chi connectivity index (χ0v) is 19.2. The molecule has 4 aromatic rings. The summed E-state index contributed by atoms with van der Waals surface area (Å²) in [6.45, 7) is 5.74. The molecule has 0 bridgehead atoms. The fraction of sp³-hybridized carbons (Fsp3) is 0.273. The van der Waals surface area contributed by atoms with Gasteiger partial charge >= 0.3 is 5.97 Å². The van der Waals surface area contributed by atoms with Gasteiger partial charge in [-0.05, 0) is 73.1 Å². The highest BCUT2D eigenvalue weighted by atomic mass is 79.9. The lowest BCUT2D eigenvalue weighted by molar-refractivity contribution is -0.145. The first-order valence-corrected chi connectivity index (χ1v) is 11.1. The van der Waals surface area contributed by atoms with Crippen molar-refractivity contribution in [2.24, 2.45) is 0 Å². The number of carbonyl (C=O) groups is 1. The Labute approximate surface area is 186 Å². The summed E-state index contributed by atoms with van der Waals surface area (Å²) in [5.74, 6) is 1.28. The van der Waals surface area contributed by atoms with E-state index in [0.29, 0.717) is 18.9 Å². The van der Waals surface area contributed by atoms with Crippen molar-refractivity contribution in [2.45, 2.75) is 32.7 Å². The summed E-state index contributed by atoms with van der Waals surface area (Å²) in [5, 5.41) is 10.4. The summed E-state index contributed by atoms with van der Waals surface area (Å²) in [6.07, 6.45) is 2.43. The average Bonchev–Trinajstić information content (AvgIpc) is 3.40. The molecule has 6 nitrogen and oxygen atoms in total. The van der Waals surface area contributed by atoms with Gasteiger partial charge in [0.05, 0.1) is 21.0 Å². The van der Waals surface area contributed by atoms with Gasteiger partial charge in [-0.15, -0.1) is 11.3 Å². The number of carboxylic acids is 1. The van der Waals surface area contributed by atoms with E-state index in [4.69, 9.17) is 9.15 Å². The second-order valence-corrected chi connectivity index (χ2v) is 9.96. The van der Waals surface area contributed by atoms with Crippen LogP contribution in [0.3, 0.4) is 0 Å². The summed E-state index contributed by atoms with van der Waals surface area (Å²) < 4.78 is 14.5. The number of nitrogens with zero attached hydrogens (tertiary/aromatic N) is 2. The van der Waals surface area contributed by atoms with Crippen LogP contribution in [0.4, 0.5) is 0 Å². The Bertz CT molecular complexity index is 1220. The van der Waals surface area contributed by atoms with Gasteiger partial charge in [0.2, 0.25) is 5.89 Å². The van der Waals surface area contributed by atoms with Crippen molar-refractivity contribution in [1.29, 1.82) is 0 Å². The monoisotopic (exact) mass is 488 g/mol. The molecule has 4 rings (SSSR count). The number of ether oxygens (including phenoxy) is 1. The first-order chi connectivity index (χ1) is 14.3. The van der Waals surface area contributed by atoms with Crippen LogP contribution in [0, 0.1) is 6.92 Å². The van der Waals surface area contributed by atoms with Gasteiger partial charge in [0.15, 0.2) is 0 Å². The van der Waals surface area contributed by atoms with Gasteiger partial charge in [0.1, 0.15) is 17.0 Å². The molecule has 3 heterocycles. The Morgan fingerprint density at radius 1 is 1.30 bits per heavy atom. The SMILES string of the molecule is Cc1oc(-c2ccc(Br)s2)nc1CCOc1ccc2c(ccn2C(C)(C)C(=O)O)c1. The normalized spacial score (nSPS) is 11.9. The molecular weight excluding hydrogens is 468 g/mol. The lowest BCUT2D eigenvalue weighted by Crippen LogP contribution is -2.34. The summed E-state index contributed by atoms with van der Waals surface area (Å²) in [4.78, 5) is 17.2. The van der Waals surface area contributed by atoms with Crippen molar-refractivity contribution < 1.29 is 19.1 Å². The molecule has 8 heteroatoms. The first-order valence-electron chi connectivity index (χ1n) is 9.45. The first kappa shape index (κ1) is 20.7. The molecule has 0 fully saturated rings. The quantitative estimate of drug-likeness (QED) is 0.351. The van der Waals surface area contributed by atoms with Crippen LogP contribution in [0.15, 0.2) is 50.8 Å². The van der Waals surface area contributed by atoms with Crippen LogP contribution in [0.1, 0.15) is 25.3 Å². The number of hydrogen-bond donors (Lipinski definition) is 1. The molecule has 3 aromatic heterocycles. The number of carboxylic acid groups (broad SMARTS) is 1. The fourth-order valence-electron chi connectivity index (χ4n) is 3.26. The van der Waals surface area contributed by atoms with Crippen LogP contribution in [-0.2, 0) is 16.8 Å². The van der Waals surface area contributed by atoms with E-state index in [-0.39, 0.29) is 0 Å². The van der Waals surface area contributed by atoms with Crippen molar-refractivity contribution in [1.82, 2.24) is 9.55 Å². The Morgan fingerprint density at radius 2 is 2.10 bits per heavy atom. The molecule has 30 heavy (non-hydrogen) atoms. The molecular formula is C22H21BrN2O4S. The van der Waals surface area contributed by atoms with E-state index in [1.54, 1.807) is 35.9 Å². The number of hydrogen-bond acceptors (Lipinski definition) is 5. The lowest BCUT2D eigenvalue weighted by atomic mass is 10.1. The van der Waals surface area contributed by atoms with Crippen LogP contribution in [0.5, 0.6) is 5.75 Å². The van der Waals surface area contributed by atoms with Crippen LogP contribution >= 0.6 is 27.3 Å². The topological polar surface area (TPSA) is 77.5 Å². The van der Waals surface area contributed by atoms with Crippen molar-refractivity contribution in [2.75, 3.05) is 6.61 Å². The molecule has 0 amide bonds. The minimum absolute atomic E-state index is 0.466. The van der Waals surface area contributed by atoms with Crippen LogP contribution in [0.2, 0.25) is 0 Å². The van der Waals surface area contributed by atoms with E-state index >= 15 is 0 Å². The van der Waals surface area contributed by atoms with Crippen molar-refractivity contribution in [3.63, 3.8) is 0 Å². The number of rotatable bonds is 7. The number of aromatic nitrogens is 2. The van der Waals surface area contributed by atoms with Gasteiger partial charge in [-0.3, -0.25) is 0 Å². The molecule has 0 saturated carbocycles. The third kappa shape index (κ3) is 3.89. The van der Waals surface area contributed by atoms with Crippen molar-refractivity contribution in [3.05, 3.63) is 57.8 Å². The Balaban J connectivity index is 1.45. The molecule has 0 aliphatic rings. The molecule has 0 aliphatic carbocycles. The summed E-state index contributed by atoms with van der Waals surface area (Å²) >= 11 is 5.04. The van der Waals surface area contributed by atoms with E-state index in [0.717, 1.165) is 36.8 Å². The minimum Gasteiger partial charge on any atom is -0.493 e. The zero-order valence-electron chi connectivity index (χ0n) is 16.8. The van der Waals surface area contributed by atoms with Gasteiger partial charge in [0.25, 0.3) is 0 Å². The third-order valence-electron chi connectivity index (χ3n) is 5.07. The van der Waals surface area contributed by atoms with E-state index in [9.17, 15) is 9.90 Å². The van der Waals surface area contributed by atoms with E-state index in [1.165, 1.54) is 0 Å². The Hall–Kier alpha value is -2.58. The number of fused-ring (bicyclic) bond motifs is 1. The Morgan fingerprint density at radius 3 is 2.80 bits per heavy atom. The highest BCUT2D eigenvalue weighted by Gasteiger charge is 2.30. The second-order valence-electron chi connectivity index (χ2n) is 7.49. The summed E-state index contributed by atoms with van der Waals surface area (Å²) in [5.41, 5.74) is 0.712. The molecule has 0 aliphatic heterocycles. The number of aliphatic carboxylic acids is 1. The average molecular weight is 489 g/mol. The molecule has 1 aromatic carbocycles.